The molecule has 3 aromatic rings. The molecule has 5 rings (SSSR count). The van der Waals surface area contributed by atoms with Gasteiger partial charge >= 0.3 is 0 Å². The van der Waals surface area contributed by atoms with Gasteiger partial charge in [-0.05, 0) is 43.3 Å². The largest absolute Gasteiger partial charge is 0.490 e. The van der Waals surface area contributed by atoms with E-state index in [-0.39, 0.29) is 29.6 Å². The average molecular weight is 465 g/mol. The molecular formula is C23H24N6O3S. The van der Waals surface area contributed by atoms with Gasteiger partial charge in [-0.1, -0.05) is 0 Å². The van der Waals surface area contributed by atoms with E-state index >= 15 is 0 Å². The number of hydrogen-bond acceptors (Lipinski definition) is 9. The van der Waals surface area contributed by atoms with Gasteiger partial charge in [-0.25, -0.2) is 4.98 Å². The normalized spacial score (nSPS) is 20.6. The first-order chi connectivity index (χ1) is 16.2. The maximum atomic E-state index is 13.1. The molecule has 2 unspecified atom stereocenters. The molecule has 2 aromatic heterocycles. The molecule has 0 radical (unpaired) electrons. The molecule has 2 saturated heterocycles. The Morgan fingerprint density at radius 3 is 2.55 bits per heavy atom. The van der Waals surface area contributed by atoms with Gasteiger partial charge in [0.1, 0.15) is 17.5 Å². The van der Waals surface area contributed by atoms with Crippen molar-refractivity contribution in [2.24, 2.45) is 11.8 Å². The lowest BCUT2D eigenvalue weighted by Crippen LogP contribution is -2.51. The van der Waals surface area contributed by atoms with Crippen LogP contribution in [0.4, 0.5) is 11.4 Å². The number of aromatic nitrogens is 3. The van der Waals surface area contributed by atoms with Crippen molar-refractivity contribution in [3.63, 3.8) is 0 Å². The van der Waals surface area contributed by atoms with Crippen LogP contribution in [0.1, 0.15) is 16.9 Å². The van der Waals surface area contributed by atoms with Gasteiger partial charge in [0.2, 0.25) is 5.91 Å². The Morgan fingerprint density at radius 1 is 1.03 bits per heavy atom. The van der Waals surface area contributed by atoms with Crippen LogP contribution in [0.25, 0.3) is 0 Å². The molecular weight excluding hydrogens is 440 g/mol. The lowest BCUT2D eigenvalue weighted by Gasteiger charge is -2.33. The van der Waals surface area contributed by atoms with Crippen LogP contribution in [0.5, 0.6) is 5.75 Å². The zero-order valence-electron chi connectivity index (χ0n) is 17.9. The van der Waals surface area contributed by atoms with E-state index in [0.717, 1.165) is 18.7 Å². The highest BCUT2D eigenvalue weighted by Gasteiger charge is 2.34. The Bertz CT molecular complexity index is 1090. The van der Waals surface area contributed by atoms with Crippen LogP contribution in [0.15, 0.2) is 53.6 Å². The molecule has 33 heavy (non-hydrogen) atoms. The molecule has 0 bridgehead atoms. The number of Topliss-reactive ketones (excluding diaryl/α,β-unsaturated/α-hetero) is 1. The van der Waals surface area contributed by atoms with Gasteiger partial charge in [0.15, 0.2) is 5.78 Å². The fourth-order valence-corrected chi connectivity index (χ4v) is 4.62. The lowest BCUT2D eigenvalue weighted by atomic mass is 9.90. The zero-order valence-corrected chi connectivity index (χ0v) is 18.7. The van der Waals surface area contributed by atoms with Crippen molar-refractivity contribution >= 4 is 34.4 Å². The van der Waals surface area contributed by atoms with Crippen molar-refractivity contribution in [1.82, 2.24) is 25.8 Å². The summed E-state index contributed by atoms with van der Waals surface area (Å²) >= 11 is 1.41. The van der Waals surface area contributed by atoms with Crippen LogP contribution in [0, 0.1) is 11.8 Å². The third-order valence-electron chi connectivity index (χ3n) is 6.00. The highest BCUT2D eigenvalue weighted by atomic mass is 32.1. The van der Waals surface area contributed by atoms with Crippen molar-refractivity contribution in [2.45, 2.75) is 12.5 Å². The van der Waals surface area contributed by atoms with Crippen molar-refractivity contribution in [3.8, 4) is 5.75 Å². The smallest absolute Gasteiger partial charge is 0.237 e. The van der Waals surface area contributed by atoms with E-state index in [1.807, 2.05) is 24.3 Å². The molecule has 9 nitrogen and oxygen atoms in total. The zero-order chi connectivity index (χ0) is 22.6. The number of ether oxygens (including phenoxy) is 1. The van der Waals surface area contributed by atoms with Crippen LogP contribution in [0.2, 0.25) is 0 Å². The molecule has 2 atom stereocenters. The number of anilines is 2. The molecule has 4 heterocycles. The number of hydrogen-bond donors (Lipinski definition) is 2. The van der Waals surface area contributed by atoms with E-state index in [2.05, 4.69) is 25.8 Å². The van der Waals surface area contributed by atoms with Crippen LogP contribution >= 0.6 is 11.3 Å². The molecule has 170 valence electrons. The van der Waals surface area contributed by atoms with Gasteiger partial charge in [-0.15, -0.1) is 11.3 Å². The number of rotatable bonds is 7. The van der Waals surface area contributed by atoms with Crippen LogP contribution in [-0.4, -0.2) is 59.2 Å². The first-order valence-electron chi connectivity index (χ1n) is 10.9. The molecule has 1 aromatic carbocycles. The Morgan fingerprint density at radius 2 is 1.88 bits per heavy atom. The summed E-state index contributed by atoms with van der Waals surface area (Å²) in [6, 6.07) is 9.17. The van der Waals surface area contributed by atoms with Crippen molar-refractivity contribution in [2.75, 3.05) is 31.1 Å². The number of carbonyl (C=O) groups is 2. The summed E-state index contributed by atoms with van der Waals surface area (Å²) in [5.41, 5.74) is 3.56. The minimum Gasteiger partial charge on any atom is -0.490 e. The molecule has 2 aliphatic rings. The topological polar surface area (TPSA) is 109 Å². The Hall–Kier alpha value is -3.21. The minimum atomic E-state index is -0.299. The summed E-state index contributed by atoms with van der Waals surface area (Å²) in [5.74, 6) is 0.310. The van der Waals surface area contributed by atoms with E-state index in [1.54, 1.807) is 34.3 Å². The van der Waals surface area contributed by atoms with Crippen molar-refractivity contribution in [3.05, 3.63) is 59.3 Å². The number of amides is 1. The standard InChI is InChI=1S/C23H24N6O3S/c30-22(20-13-33-14-26-20)19-12-24-7-6-21(19)32-18-3-1-16(2-4-18)29(17-5-8-27-28-11-17)23(31)15-9-25-10-15/h1-5,8,11,13-15,19,21,24-25H,6-7,9-10,12H2. The van der Waals surface area contributed by atoms with E-state index < -0.39 is 0 Å². The number of piperidine rings is 1. The minimum absolute atomic E-state index is 0.00105. The highest BCUT2D eigenvalue weighted by molar-refractivity contribution is 7.07. The number of nitrogens with zero attached hydrogens (tertiary/aromatic N) is 4. The Balaban J connectivity index is 1.34. The fourth-order valence-electron chi connectivity index (χ4n) is 4.08. The van der Waals surface area contributed by atoms with Gasteiger partial charge in [0.25, 0.3) is 0 Å². The lowest BCUT2D eigenvalue weighted by molar-refractivity contribution is -0.123. The van der Waals surface area contributed by atoms with Crippen LogP contribution in [-0.2, 0) is 4.79 Å². The van der Waals surface area contributed by atoms with E-state index in [0.29, 0.717) is 36.8 Å². The first-order valence-corrected chi connectivity index (χ1v) is 11.9. The van der Waals surface area contributed by atoms with Crippen molar-refractivity contribution in [1.29, 1.82) is 0 Å². The Labute approximate surface area is 195 Å². The van der Waals surface area contributed by atoms with E-state index in [4.69, 9.17) is 4.74 Å². The summed E-state index contributed by atoms with van der Waals surface area (Å²) in [5, 5.41) is 16.0. The van der Waals surface area contributed by atoms with Gasteiger partial charge < -0.3 is 15.4 Å². The van der Waals surface area contributed by atoms with Gasteiger partial charge in [0, 0.05) is 30.7 Å². The maximum absolute atomic E-state index is 13.1. The summed E-state index contributed by atoms with van der Waals surface area (Å²) in [7, 11) is 0. The Kier molecular flexibility index (Phi) is 6.38. The van der Waals surface area contributed by atoms with E-state index in [1.165, 1.54) is 11.3 Å². The highest BCUT2D eigenvalue weighted by Crippen LogP contribution is 2.30. The molecule has 0 aliphatic carbocycles. The maximum Gasteiger partial charge on any atom is 0.237 e. The second-order valence-corrected chi connectivity index (χ2v) is 8.84. The van der Waals surface area contributed by atoms with Gasteiger partial charge in [0.05, 0.1) is 35.4 Å². The summed E-state index contributed by atoms with van der Waals surface area (Å²) < 4.78 is 6.25. The molecule has 2 aliphatic heterocycles. The quantitative estimate of drug-likeness (QED) is 0.512. The number of benzene rings is 1. The molecule has 2 N–H and O–H groups in total. The van der Waals surface area contributed by atoms with Gasteiger partial charge in [-0.2, -0.15) is 10.2 Å². The predicted molar refractivity (Wildman–Crippen MR) is 124 cm³/mol. The summed E-state index contributed by atoms with van der Waals surface area (Å²) in [4.78, 5) is 31.9. The van der Waals surface area contributed by atoms with Crippen molar-refractivity contribution < 1.29 is 14.3 Å². The molecule has 1 amide bonds. The summed E-state index contributed by atoms with van der Waals surface area (Å²) in [6.45, 7) is 2.68. The number of nitrogens with one attached hydrogen (secondary N) is 2. The third kappa shape index (κ3) is 4.63. The second-order valence-electron chi connectivity index (χ2n) is 8.12. The second kappa shape index (κ2) is 9.74. The molecule has 2 fully saturated rings. The SMILES string of the molecule is O=C(c1cscn1)C1CNCCC1Oc1ccc(N(C(=O)C2CNC2)c2ccnnc2)cc1. The molecule has 0 spiro atoms. The van der Waals surface area contributed by atoms with E-state index in [9.17, 15) is 9.59 Å². The average Bonchev–Trinajstić information content (AvgIpc) is 3.35. The van der Waals surface area contributed by atoms with Crippen LogP contribution < -0.4 is 20.3 Å². The number of ketones is 1. The number of thiazole rings is 1. The van der Waals surface area contributed by atoms with Crippen LogP contribution in [0.3, 0.4) is 0 Å². The van der Waals surface area contributed by atoms with Gasteiger partial charge in [-0.3, -0.25) is 14.5 Å². The first kappa shape index (κ1) is 21.6. The number of carbonyl (C=O) groups excluding carboxylic acids is 2. The predicted octanol–water partition coefficient (Wildman–Crippen LogP) is 2.06. The summed E-state index contributed by atoms with van der Waals surface area (Å²) in [6.07, 6.45) is 3.64. The molecule has 10 heteroatoms. The fraction of sp³-hybridized carbons (Fsp3) is 0.348. The monoisotopic (exact) mass is 464 g/mol. The third-order valence-corrected chi connectivity index (χ3v) is 6.59. The molecule has 0 saturated carbocycles.